The number of hydrogen-bond acceptors (Lipinski definition) is 2. The lowest BCUT2D eigenvalue weighted by Crippen LogP contribution is -2.03. The van der Waals surface area contributed by atoms with Crippen LogP contribution in [0, 0.1) is 0 Å². The van der Waals surface area contributed by atoms with Crippen molar-refractivity contribution in [2.75, 3.05) is 18.2 Å². The van der Waals surface area contributed by atoms with Crippen LogP contribution in [-0.4, -0.2) is 22.8 Å². The summed E-state index contributed by atoms with van der Waals surface area (Å²) in [5.41, 5.74) is 6.83. The molecule has 4 heteroatoms. The number of nitrogens with zero attached hydrogens (tertiary/aromatic N) is 1. The summed E-state index contributed by atoms with van der Waals surface area (Å²) in [6.07, 6.45) is 4.32. The van der Waals surface area contributed by atoms with Crippen LogP contribution < -0.4 is 4.74 Å². The molecule has 0 fully saturated rings. The van der Waals surface area contributed by atoms with Gasteiger partial charge in [-0.25, -0.2) is 0 Å². The van der Waals surface area contributed by atoms with Crippen LogP contribution >= 0.6 is 23.4 Å². The average molecular weight is 462 g/mol. The molecule has 0 aliphatic carbocycles. The average Bonchev–Trinajstić information content (AvgIpc) is 3.00. The maximum atomic E-state index is 5.91. The van der Waals surface area contributed by atoms with E-state index in [1.54, 1.807) is 0 Å². The van der Waals surface area contributed by atoms with Gasteiger partial charge in [-0.05, 0) is 61.1 Å². The van der Waals surface area contributed by atoms with Gasteiger partial charge in [-0.3, -0.25) is 0 Å². The number of hydrogen-bond donors (Lipinski definition) is 0. The SMILES string of the molecule is ClCCCCCOc1ccc(Cn2c3c(c4ccccc42)CCSc2ccccc2-3)cc1. The quantitative estimate of drug-likeness (QED) is 0.196. The number of thioether (sulfide) groups is 1. The minimum absolute atomic E-state index is 0.732. The predicted molar refractivity (Wildman–Crippen MR) is 137 cm³/mol. The molecule has 0 unspecified atom stereocenters. The monoisotopic (exact) mass is 461 g/mol. The fraction of sp³-hybridized carbons (Fsp3) is 0.286. The van der Waals surface area contributed by atoms with Gasteiger partial charge < -0.3 is 9.30 Å². The van der Waals surface area contributed by atoms with E-state index in [0.29, 0.717) is 0 Å². The first kappa shape index (κ1) is 21.5. The molecule has 32 heavy (non-hydrogen) atoms. The molecule has 1 aliphatic heterocycles. The van der Waals surface area contributed by atoms with E-state index < -0.39 is 0 Å². The third-order valence-corrected chi connectivity index (χ3v) is 7.48. The molecule has 3 aromatic carbocycles. The largest absolute Gasteiger partial charge is 0.494 e. The number of para-hydroxylation sites is 1. The molecule has 0 saturated heterocycles. The van der Waals surface area contributed by atoms with Crippen molar-refractivity contribution in [1.82, 2.24) is 4.57 Å². The van der Waals surface area contributed by atoms with Gasteiger partial charge in [-0.2, -0.15) is 0 Å². The third-order valence-electron chi connectivity index (χ3n) is 6.14. The van der Waals surface area contributed by atoms with Gasteiger partial charge in [-0.1, -0.05) is 48.5 Å². The standard InChI is InChI=1S/C28H28ClNOS/c29-17-6-1-7-18-31-22-14-12-21(13-15-22)20-30-26-10-4-2-8-23(26)24-16-19-32-27-11-5-3-9-25(27)28(24)30/h2-5,8-15H,1,6-7,16-20H2. The van der Waals surface area contributed by atoms with Gasteiger partial charge in [0.1, 0.15) is 5.75 Å². The van der Waals surface area contributed by atoms with Crippen LogP contribution in [0.15, 0.2) is 77.7 Å². The molecular weight excluding hydrogens is 434 g/mol. The zero-order valence-corrected chi connectivity index (χ0v) is 19.8. The predicted octanol–water partition coefficient (Wildman–Crippen LogP) is 7.79. The Morgan fingerprint density at radius 2 is 1.69 bits per heavy atom. The van der Waals surface area contributed by atoms with E-state index in [-0.39, 0.29) is 0 Å². The maximum Gasteiger partial charge on any atom is 0.119 e. The zero-order valence-electron chi connectivity index (χ0n) is 18.2. The topological polar surface area (TPSA) is 14.2 Å². The molecular formula is C28H28ClNOS. The second-order valence-corrected chi connectivity index (χ2v) is 9.78. The highest BCUT2D eigenvalue weighted by Gasteiger charge is 2.23. The number of ether oxygens (including phenoxy) is 1. The second-order valence-electron chi connectivity index (χ2n) is 8.27. The summed E-state index contributed by atoms with van der Waals surface area (Å²) in [6, 6.07) is 26.3. The van der Waals surface area contributed by atoms with Gasteiger partial charge in [0.15, 0.2) is 0 Å². The number of halogens is 1. The van der Waals surface area contributed by atoms with E-state index in [1.165, 1.54) is 38.2 Å². The molecule has 0 N–H and O–H groups in total. The molecule has 0 bridgehead atoms. The van der Waals surface area contributed by atoms with E-state index in [4.69, 9.17) is 16.3 Å². The number of fused-ring (bicyclic) bond motifs is 5. The van der Waals surface area contributed by atoms with Crippen molar-refractivity contribution in [3.05, 3.63) is 83.9 Å². The normalized spacial score (nSPS) is 12.9. The Morgan fingerprint density at radius 3 is 2.56 bits per heavy atom. The minimum atomic E-state index is 0.732. The van der Waals surface area contributed by atoms with Crippen LogP contribution in [0.1, 0.15) is 30.4 Å². The summed E-state index contributed by atoms with van der Waals surface area (Å²) in [5, 5.41) is 1.39. The summed E-state index contributed by atoms with van der Waals surface area (Å²) >= 11 is 7.72. The molecule has 2 heterocycles. The third kappa shape index (κ3) is 4.42. The first-order chi connectivity index (χ1) is 15.8. The Kier molecular flexibility index (Phi) is 6.75. The van der Waals surface area contributed by atoms with Crippen molar-refractivity contribution >= 4 is 34.3 Å². The lowest BCUT2D eigenvalue weighted by molar-refractivity contribution is 0.306. The van der Waals surface area contributed by atoms with Crippen LogP contribution in [0.4, 0.5) is 0 Å². The van der Waals surface area contributed by atoms with Crippen molar-refractivity contribution in [3.8, 4) is 17.0 Å². The minimum Gasteiger partial charge on any atom is -0.494 e. The fourth-order valence-electron chi connectivity index (χ4n) is 4.59. The molecule has 2 nitrogen and oxygen atoms in total. The van der Waals surface area contributed by atoms with Gasteiger partial charge in [-0.15, -0.1) is 23.4 Å². The van der Waals surface area contributed by atoms with Crippen LogP contribution in [0.2, 0.25) is 0 Å². The lowest BCUT2D eigenvalue weighted by Gasteiger charge is -2.14. The fourth-order valence-corrected chi connectivity index (χ4v) is 5.80. The molecule has 164 valence electrons. The Bertz CT molecular complexity index is 1200. The van der Waals surface area contributed by atoms with Crippen molar-refractivity contribution in [2.45, 2.75) is 37.1 Å². The van der Waals surface area contributed by atoms with Gasteiger partial charge in [0.05, 0.1) is 12.3 Å². The van der Waals surface area contributed by atoms with Crippen LogP contribution in [0.25, 0.3) is 22.2 Å². The van der Waals surface area contributed by atoms with Crippen molar-refractivity contribution in [2.24, 2.45) is 0 Å². The highest BCUT2D eigenvalue weighted by molar-refractivity contribution is 7.99. The second kappa shape index (κ2) is 10.1. The summed E-state index contributed by atoms with van der Waals surface area (Å²) in [5.74, 6) is 2.79. The van der Waals surface area contributed by atoms with E-state index in [1.807, 2.05) is 11.8 Å². The number of alkyl halides is 1. The molecule has 0 spiro atoms. The summed E-state index contributed by atoms with van der Waals surface area (Å²) < 4.78 is 8.43. The molecule has 0 amide bonds. The van der Waals surface area contributed by atoms with Crippen molar-refractivity contribution in [3.63, 3.8) is 0 Å². The van der Waals surface area contributed by atoms with Crippen LogP contribution in [-0.2, 0) is 13.0 Å². The Labute approximate surface area is 199 Å². The number of aryl methyl sites for hydroxylation is 1. The van der Waals surface area contributed by atoms with E-state index in [0.717, 1.165) is 56.2 Å². The maximum absolute atomic E-state index is 5.91. The van der Waals surface area contributed by atoms with E-state index >= 15 is 0 Å². The molecule has 4 aromatic rings. The smallest absolute Gasteiger partial charge is 0.119 e. The Morgan fingerprint density at radius 1 is 0.875 bits per heavy atom. The van der Waals surface area contributed by atoms with Crippen molar-refractivity contribution < 1.29 is 4.74 Å². The number of aromatic nitrogens is 1. The number of benzene rings is 3. The highest BCUT2D eigenvalue weighted by Crippen LogP contribution is 2.42. The lowest BCUT2D eigenvalue weighted by atomic mass is 10.0. The number of unbranched alkanes of at least 4 members (excludes halogenated alkanes) is 2. The molecule has 0 saturated carbocycles. The molecule has 0 atom stereocenters. The van der Waals surface area contributed by atoms with Gasteiger partial charge in [0, 0.05) is 39.5 Å². The summed E-state index contributed by atoms with van der Waals surface area (Å²) in [6.45, 7) is 1.60. The van der Waals surface area contributed by atoms with Crippen LogP contribution in [0.5, 0.6) is 5.75 Å². The van der Waals surface area contributed by atoms with Crippen LogP contribution in [0.3, 0.4) is 0 Å². The van der Waals surface area contributed by atoms with Gasteiger partial charge >= 0.3 is 0 Å². The summed E-state index contributed by atoms with van der Waals surface area (Å²) in [4.78, 5) is 1.38. The molecule has 1 aromatic heterocycles. The van der Waals surface area contributed by atoms with Gasteiger partial charge in [0.25, 0.3) is 0 Å². The molecule has 5 rings (SSSR count). The van der Waals surface area contributed by atoms with E-state index in [2.05, 4.69) is 77.4 Å². The number of rotatable bonds is 8. The van der Waals surface area contributed by atoms with E-state index in [9.17, 15) is 0 Å². The highest BCUT2D eigenvalue weighted by atomic mass is 35.5. The molecule has 0 radical (unpaired) electrons. The molecule has 1 aliphatic rings. The Balaban J connectivity index is 1.45. The van der Waals surface area contributed by atoms with Crippen molar-refractivity contribution in [1.29, 1.82) is 0 Å². The Hall–Kier alpha value is -2.36. The summed E-state index contributed by atoms with van der Waals surface area (Å²) in [7, 11) is 0. The first-order valence-corrected chi connectivity index (χ1v) is 13.0. The zero-order chi connectivity index (χ0) is 21.8. The first-order valence-electron chi connectivity index (χ1n) is 11.4. The van der Waals surface area contributed by atoms with Gasteiger partial charge in [0.2, 0.25) is 0 Å².